The van der Waals surface area contributed by atoms with Gasteiger partial charge in [0.05, 0.1) is 17.8 Å². The summed E-state index contributed by atoms with van der Waals surface area (Å²) < 4.78 is 5.98. The smallest absolute Gasteiger partial charge is 0.143 e. The van der Waals surface area contributed by atoms with Crippen LogP contribution in [0.2, 0.25) is 0 Å². The van der Waals surface area contributed by atoms with Crippen molar-refractivity contribution in [2.45, 2.75) is 32.0 Å². The average molecular weight is 258 g/mol. The highest BCUT2D eigenvalue weighted by atomic mass is 16.5. The molecule has 0 bridgehead atoms. The van der Waals surface area contributed by atoms with E-state index in [2.05, 4.69) is 16.8 Å². The maximum atomic E-state index is 8.88. The van der Waals surface area contributed by atoms with Crippen molar-refractivity contribution in [1.82, 2.24) is 4.98 Å². The highest BCUT2D eigenvalue weighted by molar-refractivity contribution is 5.55. The van der Waals surface area contributed by atoms with E-state index in [1.54, 1.807) is 6.07 Å². The van der Waals surface area contributed by atoms with Gasteiger partial charge in [0.1, 0.15) is 17.7 Å². The highest BCUT2D eigenvalue weighted by Gasteiger charge is 2.37. The molecule has 1 aliphatic heterocycles. The van der Waals surface area contributed by atoms with Crippen LogP contribution in [0.25, 0.3) is 0 Å². The van der Waals surface area contributed by atoms with Crippen molar-refractivity contribution in [1.29, 1.82) is 5.26 Å². The minimum atomic E-state index is 0.206. The summed E-state index contributed by atoms with van der Waals surface area (Å²) in [5, 5.41) is 8.88. The van der Waals surface area contributed by atoms with E-state index in [4.69, 9.17) is 15.7 Å². The number of nitrogens with two attached hydrogens (primary N) is 1. The van der Waals surface area contributed by atoms with E-state index >= 15 is 0 Å². The Morgan fingerprint density at radius 1 is 1.42 bits per heavy atom. The number of anilines is 2. The second-order valence-electron chi connectivity index (χ2n) is 5.44. The molecule has 0 spiro atoms. The third kappa shape index (κ3) is 2.49. The van der Waals surface area contributed by atoms with Gasteiger partial charge < -0.3 is 15.4 Å². The van der Waals surface area contributed by atoms with Crippen molar-refractivity contribution in [3.05, 3.63) is 17.7 Å². The van der Waals surface area contributed by atoms with E-state index in [9.17, 15) is 0 Å². The number of nitrogen functional groups attached to an aromatic ring is 1. The van der Waals surface area contributed by atoms with Gasteiger partial charge in [-0.05, 0) is 37.8 Å². The first kappa shape index (κ1) is 12.2. The normalized spacial score (nSPS) is 27.1. The average Bonchev–Trinajstić information content (AvgIpc) is 3.22. The molecule has 2 heterocycles. The first-order valence-corrected chi connectivity index (χ1v) is 6.74. The summed E-state index contributed by atoms with van der Waals surface area (Å²) >= 11 is 0. The number of nitriles is 1. The molecule has 2 atom stereocenters. The van der Waals surface area contributed by atoms with Gasteiger partial charge in [0.2, 0.25) is 0 Å². The van der Waals surface area contributed by atoms with E-state index in [-0.39, 0.29) is 6.10 Å². The molecule has 19 heavy (non-hydrogen) atoms. The Morgan fingerprint density at radius 2 is 2.21 bits per heavy atom. The van der Waals surface area contributed by atoms with Crippen LogP contribution in [0.15, 0.2) is 12.1 Å². The van der Waals surface area contributed by atoms with Gasteiger partial charge in [-0.2, -0.15) is 5.26 Å². The monoisotopic (exact) mass is 258 g/mol. The van der Waals surface area contributed by atoms with Gasteiger partial charge in [0, 0.05) is 13.1 Å². The van der Waals surface area contributed by atoms with Crippen LogP contribution in [0, 0.1) is 17.2 Å². The van der Waals surface area contributed by atoms with E-state index in [1.807, 2.05) is 12.1 Å². The fourth-order valence-corrected chi connectivity index (χ4v) is 2.64. The first-order valence-electron chi connectivity index (χ1n) is 6.74. The number of rotatable bonds is 2. The standard InChI is InChI=1S/C14H18N4O/c1-9-7-18(8-12(19-9)10-2-3-10)13-5-4-11(6-15)14(16)17-13/h4-5,9-10,12H,2-3,7-8H2,1H3,(H2,16,17)/t9-,12+/m1/s1. The number of hydrogen-bond acceptors (Lipinski definition) is 5. The summed E-state index contributed by atoms with van der Waals surface area (Å²) in [7, 11) is 0. The summed E-state index contributed by atoms with van der Waals surface area (Å²) in [6.07, 6.45) is 3.06. The minimum absolute atomic E-state index is 0.206. The van der Waals surface area contributed by atoms with Gasteiger partial charge in [0.15, 0.2) is 0 Å². The van der Waals surface area contributed by atoms with Gasteiger partial charge in [-0.25, -0.2) is 4.98 Å². The Kier molecular flexibility index (Phi) is 3.03. The van der Waals surface area contributed by atoms with Crippen LogP contribution >= 0.6 is 0 Å². The lowest BCUT2D eigenvalue weighted by Gasteiger charge is -2.37. The Hall–Kier alpha value is -1.80. The predicted molar refractivity (Wildman–Crippen MR) is 72.6 cm³/mol. The van der Waals surface area contributed by atoms with Gasteiger partial charge in [-0.1, -0.05) is 0 Å². The zero-order chi connectivity index (χ0) is 13.4. The fourth-order valence-electron chi connectivity index (χ4n) is 2.64. The molecule has 100 valence electrons. The number of morpholine rings is 1. The summed E-state index contributed by atoms with van der Waals surface area (Å²) in [6.45, 7) is 3.78. The molecule has 0 unspecified atom stereocenters. The van der Waals surface area contributed by atoms with Crippen molar-refractivity contribution in [2.24, 2.45) is 5.92 Å². The Morgan fingerprint density at radius 3 is 2.84 bits per heavy atom. The largest absolute Gasteiger partial charge is 0.383 e. The first-order chi connectivity index (χ1) is 9.17. The summed E-state index contributed by atoms with van der Waals surface area (Å²) in [4.78, 5) is 6.56. The molecule has 1 aromatic rings. The van der Waals surface area contributed by atoms with Gasteiger partial charge in [0.25, 0.3) is 0 Å². The Balaban J connectivity index is 1.80. The lowest BCUT2D eigenvalue weighted by Crippen LogP contribution is -2.47. The van der Waals surface area contributed by atoms with Gasteiger partial charge in [-0.3, -0.25) is 0 Å². The Labute approximate surface area is 113 Å². The fraction of sp³-hybridized carbons (Fsp3) is 0.571. The van der Waals surface area contributed by atoms with E-state index in [0.29, 0.717) is 23.4 Å². The summed E-state index contributed by atoms with van der Waals surface area (Å²) in [6, 6.07) is 5.65. The lowest BCUT2D eigenvalue weighted by molar-refractivity contribution is -0.0273. The van der Waals surface area contributed by atoms with Crippen LogP contribution < -0.4 is 10.6 Å². The molecule has 1 aliphatic carbocycles. The molecule has 5 nitrogen and oxygen atoms in total. The SMILES string of the molecule is C[C@@H]1CN(c2ccc(C#N)c(N)n2)C[C@@H](C2CC2)O1. The van der Waals surface area contributed by atoms with Gasteiger partial charge in [-0.15, -0.1) is 0 Å². The molecule has 1 saturated carbocycles. The topological polar surface area (TPSA) is 75.2 Å². The van der Waals surface area contributed by atoms with E-state index in [1.165, 1.54) is 12.8 Å². The van der Waals surface area contributed by atoms with Gasteiger partial charge >= 0.3 is 0 Å². The zero-order valence-electron chi connectivity index (χ0n) is 11.0. The van der Waals surface area contributed by atoms with Crippen molar-refractivity contribution in [3.63, 3.8) is 0 Å². The second-order valence-corrected chi connectivity index (χ2v) is 5.44. The quantitative estimate of drug-likeness (QED) is 0.870. The molecule has 2 fully saturated rings. The molecule has 0 radical (unpaired) electrons. The molecule has 1 saturated heterocycles. The highest BCUT2D eigenvalue weighted by Crippen LogP contribution is 2.37. The number of hydrogen-bond donors (Lipinski definition) is 1. The number of ether oxygens (including phenoxy) is 1. The molecule has 1 aromatic heterocycles. The molecule has 0 amide bonds. The van der Waals surface area contributed by atoms with Crippen LogP contribution in [-0.4, -0.2) is 30.3 Å². The number of nitrogens with zero attached hydrogens (tertiary/aromatic N) is 3. The predicted octanol–water partition coefficient (Wildman–Crippen LogP) is 1.54. The van der Waals surface area contributed by atoms with Crippen LogP contribution in [-0.2, 0) is 4.74 Å². The van der Waals surface area contributed by atoms with Crippen molar-refractivity contribution < 1.29 is 4.74 Å². The zero-order valence-corrected chi connectivity index (χ0v) is 11.0. The third-order valence-electron chi connectivity index (χ3n) is 3.79. The van der Waals surface area contributed by atoms with Crippen molar-refractivity contribution in [2.75, 3.05) is 23.7 Å². The van der Waals surface area contributed by atoms with E-state index in [0.717, 1.165) is 18.9 Å². The maximum Gasteiger partial charge on any atom is 0.143 e. The van der Waals surface area contributed by atoms with Crippen LogP contribution in [0.3, 0.4) is 0 Å². The molecule has 5 heteroatoms. The lowest BCUT2D eigenvalue weighted by atomic mass is 10.1. The van der Waals surface area contributed by atoms with Crippen LogP contribution in [0.4, 0.5) is 11.6 Å². The molecule has 2 aliphatic rings. The summed E-state index contributed by atoms with van der Waals surface area (Å²) in [5.41, 5.74) is 6.22. The third-order valence-corrected chi connectivity index (χ3v) is 3.79. The molecule has 3 rings (SSSR count). The van der Waals surface area contributed by atoms with Crippen molar-refractivity contribution in [3.8, 4) is 6.07 Å². The molecular weight excluding hydrogens is 240 g/mol. The molecule has 0 aromatic carbocycles. The molecular formula is C14H18N4O. The second kappa shape index (κ2) is 4.71. The van der Waals surface area contributed by atoms with Crippen LogP contribution in [0.5, 0.6) is 0 Å². The van der Waals surface area contributed by atoms with Crippen molar-refractivity contribution >= 4 is 11.6 Å². The minimum Gasteiger partial charge on any atom is -0.383 e. The molecule has 2 N–H and O–H groups in total. The number of aromatic nitrogens is 1. The number of pyridine rings is 1. The van der Waals surface area contributed by atoms with E-state index < -0.39 is 0 Å². The Bertz CT molecular complexity index is 521. The summed E-state index contributed by atoms with van der Waals surface area (Å²) in [5.74, 6) is 1.86. The maximum absolute atomic E-state index is 8.88. The van der Waals surface area contributed by atoms with Crippen LogP contribution in [0.1, 0.15) is 25.3 Å².